The summed E-state index contributed by atoms with van der Waals surface area (Å²) in [7, 11) is 1.43. The third kappa shape index (κ3) is 5.33. The largest absolute Gasteiger partial charge is 0.468 e. The van der Waals surface area contributed by atoms with Gasteiger partial charge in [0.15, 0.2) is 0 Å². The van der Waals surface area contributed by atoms with Crippen LogP contribution in [-0.2, 0) is 19.7 Å². The van der Waals surface area contributed by atoms with Gasteiger partial charge in [-0.3, -0.25) is 10.1 Å². The molecular weight excluding hydrogens is 567 g/mol. The summed E-state index contributed by atoms with van der Waals surface area (Å²) in [6, 6.07) is 19.2. The van der Waals surface area contributed by atoms with Crippen LogP contribution in [0.4, 0.5) is 10.5 Å². The number of hydrogen-bond donors (Lipinski definition) is 1. The monoisotopic (exact) mass is 594 g/mol. The lowest BCUT2D eigenvalue weighted by Crippen LogP contribution is -2.21. The number of halogens is 2. The first-order chi connectivity index (χ1) is 19.1. The van der Waals surface area contributed by atoms with Crippen molar-refractivity contribution in [1.29, 1.82) is 0 Å². The van der Waals surface area contributed by atoms with Gasteiger partial charge in [-0.2, -0.15) is 4.37 Å². The second kappa shape index (κ2) is 11.2. The SMILES string of the molecule is COC(=O)C1(c2ccc(-c3cc(Cl)c(-c4snc(C)c4NC(=O)O[C@H](C)c4ccccc4Cl)cc3C)cc2)CC1. The Morgan fingerprint density at radius 1 is 1.00 bits per heavy atom. The van der Waals surface area contributed by atoms with Crippen LogP contribution in [0.15, 0.2) is 60.7 Å². The molecule has 1 aromatic heterocycles. The highest BCUT2D eigenvalue weighted by Crippen LogP contribution is 2.49. The molecule has 0 saturated heterocycles. The average molecular weight is 596 g/mol. The Morgan fingerprint density at radius 3 is 2.35 bits per heavy atom. The summed E-state index contributed by atoms with van der Waals surface area (Å²) in [5.74, 6) is -0.185. The summed E-state index contributed by atoms with van der Waals surface area (Å²) in [6.07, 6.45) is 0.454. The van der Waals surface area contributed by atoms with Crippen molar-refractivity contribution < 1.29 is 19.1 Å². The number of benzene rings is 3. The minimum absolute atomic E-state index is 0.185. The van der Waals surface area contributed by atoms with E-state index in [0.29, 0.717) is 21.4 Å². The first-order valence-corrected chi connectivity index (χ1v) is 14.4. The van der Waals surface area contributed by atoms with Crippen LogP contribution < -0.4 is 5.32 Å². The molecule has 0 bridgehead atoms. The van der Waals surface area contributed by atoms with E-state index in [-0.39, 0.29) is 5.97 Å². The predicted octanol–water partition coefficient (Wildman–Crippen LogP) is 8.92. The summed E-state index contributed by atoms with van der Waals surface area (Å²) in [6.45, 7) is 5.61. The molecule has 0 spiro atoms. The van der Waals surface area contributed by atoms with Crippen molar-refractivity contribution in [3.05, 3.63) is 93.1 Å². The molecule has 206 valence electrons. The predicted molar refractivity (Wildman–Crippen MR) is 160 cm³/mol. The van der Waals surface area contributed by atoms with Crippen molar-refractivity contribution in [3.8, 4) is 21.6 Å². The first kappa shape index (κ1) is 28.1. The van der Waals surface area contributed by atoms with Crippen molar-refractivity contribution in [3.63, 3.8) is 0 Å². The zero-order chi connectivity index (χ0) is 28.6. The molecule has 0 unspecified atom stereocenters. The van der Waals surface area contributed by atoms with Gasteiger partial charge >= 0.3 is 12.1 Å². The van der Waals surface area contributed by atoms with Crippen molar-refractivity contribution >= 4 is 52.5 Å². The van der Waals surface area contributed by atoms with Crippen LogP contribution in [0.25, 0.3) is 21.6 Å². The molecule has 1 fully saturated rings. The molecule has 1 heterocycles. The van der Waals surface area contributed by atoms with Crippen LogP contribution in [0.3, 0.4) is 0 Å². The van der Waals surface area contributed by atoms with E-state index < -0.39 is 17.6 Å². The number of hydrogen-bond acceptors (Lipinski definition) is 6. The van der Waals surface area contributed by atoms with E-state index in [4.69, 9.17) is 32.7 Å². The highest BCUT2D eigenvalue weighted by molar-refractivity contribution is 7.10. The number of carbonyl (C=O) groups is 2. The topological polar surface area (TPSA) is 77.5 Å². The minimum atomic E-state index is -0.609. The fourth-order valence-electron chi connectivity index (χ4n) is 4.93. The lowest BCUT2D eigenvalue weighted by molar-refractivity contribution is -0.143. The molecule has 5 rings (SSSR count). The fraction of sp³-hybridized carbons (Fsp3) is 0.258. The number of esters is 1. The average Bonchev–Trinajstić information content (AvgIpc) is 3.68. The van der Waals surface area contributed by atoms with E-state index in [1.165, 1.54) is 18.6 Å². The number of nitrogens with one attached hydrogen (secondary N) is 1. The molecule has 9 heteroatoms. The van der Waals surface area contributed by atoms with Gasteiger partial charge in [-0.05, 0) is 85.6 Å². The molecular formula is C31H28Cl2N2O4S. The maximum Gasteiger partial charge on any atom is 0.412 e. The summed E-state index contributed by atoms with van der Waals surface area (Å²) in [5.41, 5.74) is 6.14. The number of amides is 1. The van der Waals surface area contributed by atoms with E-state index in [0.717, 1.165) is 51.1 Å². The molecule has 0 radical (unpaired) electrons. The molecule has 6 nitrogen and oxygen atoms in total. The number of anilines is 1. The van der Waals surface area contributed by atoms with E-state index in [9.17, 15) is 9.59 Å². The lowest BCUT2D eigenvalue weighted by atomic mass is 9.92. The summed E-state index contributed by atoms with van der Waals surface area (Å²) < 4.78 is 15.1. The number of rotatable bonds is 7. The third-order valence-electron chi connectivity index (χ3n) is 7.35. The molecule has 1 N–H and O–H groups in total. The van der Waals surface area contributed by atoms with E-state index in [1.54, 1.807) is 13.0 Å². The number of nitrogens with zero attached hydrogens (tertiary/aromatic N) is 1. The van der Waals surface area contributed by atoms with Crippen molar-refractivity contribution in [2.75, 3.05) is 12.4 Å². The fourth-order valence-corrected chi connectivity index (χ4v) is 6.41. The minimum Gasteiger partial charge on any atom is -0.468 e. The maximum atomic E-state index is 12.8. The summed E-state index contributed by atoms with van der Waals surface area (Å²) in [4.78, 5) is 25.8. The maximum absolute atomic E-state index is 12.8. The Balaban J connectivity index is 1.38. The Morgan fingerprint density at radius 2 is 1.70 bits per heavy atom. The molecule has 1 atom stereocenters. The molecule has 3 aromatic carbocycles. The molecule has 1 amide bonds. The summed E-state index contributed by atoms with van der Waals surface area (Å²) >= 11 is 14.3. The highest BCUT2D eigenvalue weighted by Gasteiger charge is 2.52. The highest BCUT2D eigenvalue weighted by atomic mass is 35.5. The standard InChI is InChI=1S/C31H28Cl2N2O4S/c1-17-15-24(26(33)16-23(17)20-9-11-21(12-10-20)31(13-14-31)29(36)38-4)28-27(18(2)35-40-28)34-30(37)39-19(3)22-7-5-6-8-25(22)32/h5-12,15-16,19H,13-14H2,1-4H3,(H,34,37)/t19-/m1/s1. The van der Waals surface area contributed by atoms with Gasteiger partial charge in [0.1, 0.15) is 6.10 Å². The Kier molecular flexibility index (Phi) is 7.91. The molecule has 4 aromatic rings. The van der Waals surface area contributed by atoms with Crippen LogP contribution in [0, 0.1) is 13.8 Å². The zero-order valence-corrected chi connectivity index (χ0v) is 24.8. The van der Waals surface area contributed by atoms with Crippen LogP contribution in [0.2, 0.25) is 10.0 Å². The van der Waals surface area contributed by atoms with Crippen LogP contribution >= 0.6 is 34.7 Å². The van der Waals surface area contributed by atoms with Crippen LogP contribution in [-0.4, -0.2) is 23.5 Å². The van der Waals surface area contributed by atoms with Gasteiger partial charge in [0.2, 0.25) is 0 Å². The van der Waals surface area contributed by atoms with Crippen molar-refractivity contribution in [2.45, 2.75) is 45.1 Å². The quantitative estimate of drug-likeness (QED) is 0.216. The Bertz CT molecular complexity index is 1600. The van der Waals surface area contributed by atoms with Crippen LogP contribution in [0.1, 0.15) is 48.3 Å². The lowest BCUT2D eigenvalue weighted by Gasteiger charge is -2.17. The normalized spacial score (nSPS) is 14.3. The van der Waals surface area contributed by atoms with Gasteiger partial charge in [0.25, 0.3) is 0 Å². The zero-order valence-electron chi connectivity index (χ0n) is 22.5. The number of carbonyl (C=O) groups excluding carboxylic acids is 2. The van der Waals surface area contributed by atoms with Gasteiger partial charge in [-0.25, -0.2) is 4.79 Å². The first-order valence-electron chi connectivity index (χ1n) is 12.8. The van der Waals surface area contributed by atoms with Gasteiger partial charge in [-0.1, -0.05) is 65.7 Å². The Hall–Kier alpha value is -3.39. The van der Waals surface area contributed by atoms with Crippen molar-refractivity contribution in [2.24, 2.45) is 0 Å². The third-order valence-corrected chi connectivity index (χ3v) is 8.98. The second-order valence-electron chi connectivity index (χ2n) is 9.96. The van der Waals surface area contributed by atoms with E-state index in [2.05, 4.69) is 9.69 Å². The number of aromatic nitrogens is 1. The van der Waals surface area contributed by atoms with Gasteiger partial charge in [-0.15, -0.1) is 0 Å². The summed E-state index contributed by atoms with van der Waals surface area (Å²) in [5, 5.41) is 3.92. The van der Waals surface area contributed by atoms with Gasteiger partial charge in [0.05, 0.1) is 28.8 Å². The number of aryl methyl sites for hydroxylation is 2. The van der Waals surface area contributed by atoms with Gasteiger partial charge in [0, 0.05) is 21.2 Å². The second-order valence-corrected chi connectivity index (χ2v) is 11.6. The molecule has 1 saturated carbocycles. The van der Waals surface area contributed by atoms with Crippen molar-refractivity contribution in [1.82, 2.24) is 4.37 Å². The molecule has 1 aliphatic rings. The molecule has 40 heavy (non-hydrogen) atoms. The molecule has 1 aliphatic carbocycles. The smallest absolute Gasteiger partial charge is 0.412 e. The number of methoxy groups -OCH3 is 1. The Labute approximate surface area is 247 Å². The van der Waals surface area contributed by atoms with Gasteiger partial charge < -0.3 is 9.47 Å². The number of ether oxygens (including phenoxy) is 2. The van der Waals surface area contributed by atoms with E-state index in [1.807, 2.05) is 68.4 Å². The molecule has 0 aliphatic heterocycles. The van der Waals surface area contributed by atoms with Crippen LogP contribution in [0.5, 0.6) is 0 Å². The van der Waals surface area contributed by atoms with E-state index >= 15 is 0 Å².